The van der Waals surface area contributed by atoms with Crippen LogP contribution in [0.4, 0.5) is 19.4 Å². The minimum absolute atomic E-state index is 0.102. The number of pyridine rings is 2. The highest BCUT2D eigenvalue weighted by atomic mass is 19.3. The number of halogens is 2. The predicted octanol–water partition coefficient (Wildman–Crippen LogP) is 3.97. The second-order valence-corrected chi connectivity index (χ2v) is 8.42. The Labute approximate surface area is 194 Å². The minimum Gasteiger partial charge on any atom is -0.455 e. The number of likely N-dealkylation sites (tertiary alicyclic amines) is 1. The Balaban J connectivity index is 1.42. The third kappa shape index (κ3) is 4.45. The van der Waals surface area contributed by atoms with E-state index in [0.717, 1.165) is 4.90 Å². The van der Waals surface area contributed by atoms with Crippen molar-refractivity contribution in [3.63, 3.8) is 0 Å². The van der Waals surface area contributed by atoms with Gasteiger partial charge < -0.3 is 15.5 Å². The van der Waals surface area contributed by atoms with E-state index in [1.54, 1.807) is 44.6 Å². The number of ether oxygens (including phenoxy) is 1. The summed E-state index contributed by atoms with van der Waals surface area (Å²) in [6, 6.07) is 5.81. The van der Waals surface area contributed by atoms with Crippen LogP contribution < -0.4 is 15.4 Å². The van der Waals surface area contributed by atoms with Gasteiger partial charge in [-0.15, -0.1) is 0 Å². The van der Waals surface area contributed by atoms with Crippen molar-refractivity contribution >= 4 is 29.5 Å². The van der Waals surface area contributed by atoms with Crippen LogP contribution in [0.5, 0.6) is 11.5 Å². The van der Waals surface area contributed by atoms with Crippen LogP contribution in [0.25, 0.3) is 5.57 Å². The van der Waals surface area contributed by atoms with Crippen LogP contribution in [0, 0.1) is 17.7 Å². The lowest BCUT2D eigenvalue weighted by atomic mass is 9.65. The van der Waals surface area contributed by atoms with Crippen molar-refractivity contribution < 1.29 is 23.1 Å². The molecule has 0 aromatic carbocycles. The van der Waals surface area contributed by atoms with E-state index in [1.807, 2.05) is 0 Å². The lowest BCUT2D eigenvalue weighted by molar-refractivity contribution is -0.176. The molecule has 0 bridgehead atoms. The molecule has 3 N–H and O–H groups in total. The first-order valence-electron chi connectivity index (χ1n) is 10.7. The van der Waals surface area contributed by atoms with E-state index in [2.05, 4.69) is 20.6 Å². The van der Waals surface area contributed by atoms with Gasteiger partial charge in [0.05, 0.1) is 16.8 Å². The second-order valence-electron chi connectivity index (χ2n) is 8.42. The lowest BCUT2D eigenvalue weighted by Crippen LogP contribution is -2.52. The van der Waals surface area contributed by atoms with Gasteiger partial charge in [0.1, 0.15) is 17.3 Å². The summed E-state index contributed by atoms with van der Waals surface area (Å²) >= 11 is 0. The molecule has 34 heavy (non-hydrogen) atoms. The number of hydrogen-bond acceptors (Lipinski definition) is 7. The molecule has 9 nitrogen and oxygen atoms in total. The molecule has 2 aromatic rings. The summed E-state index contributed by atoms with van der Waals surface area (Å²) in [5.74, 6) is -2.26. The van der Waals surface area contributed by atoms with Gasteiger partial charge in [-0.1, -0.05) is 0 Å². The third-order valence-corrected chi connectivity index (χ3v) is 5.93. The highest BCUT2D eigenvalue weighted by molar-refractivity contribution is 6.07. The molecule has 4 rings (SSSR count). The Morgan fingerprint density at radius 3 is 2.71 bits per heavy atom. The number of amides is 3. The first-order valence-corrected chi connectivity index (χ1v) is 10.7. The molecule has 1 aliphatic carbocycles. The molecule has 1 spiro atoms. The fraction of sp³-hybridized carbons (Fsp3) is 0.348. The molecule has 1 saturated heterocycles. The first-order chi connectivity index (χ1) is 16.2. The van der Waals surface area contributed by atoms with E-state index in [1.165, 1.54) is 12.3 Å². The maximum Gasteiger partial charge on any atom is 0.329 e. The number of aromatic nitrogens is 2. The van der Waals surface area contributed by atoms with Crippen molar-refractivity contribution in [2.24, 2.45) is 5.41 Å². The van der Waals surface area contributed by atoms with Gasteiger partial charge in [-0.25, -0.2) is 18.6 Å². The highest BCUT2D eigenvalue weighted by Crippen LogP contribution is 2.57. The van der Waals surface area contributed by atoms with Crippen molar-refractivity contribution in [3.05, 3.63) is 48.1 Å². The van der Waals surface area contributed by atoms with Gasteiger partial charge in [0.15, 0.2) is 0 Å². The van der Waals surface area contributed by atoms with Crippen LogP contribution in [0.1, 0.15) is 30.7 Å². The van der Waals surface area contributed by atoms with E-state index in [-0.39, 0.29) is 18.8 Å². The molecule has 0 radical (unpaired) electrons. The number of hydrogen-bond donors (Lipinski definition) is 3. The Hall–Kier alpha value is -3.89. The molecule has 178 valence electrons. The van der Waals surface area contributed by atoms with Gasteiger partial charge >= 0.3 is 6.03 Å². The summed E-state index contributed by atoms with van der Waals surface area (Å²) < 4.78 is 32.5. The molecular weight excluding hydrogens is 446 g/mol. The van der Waals surface area contributed by atoms with Crippen molar-refractivity contribution in [3.8, 4) is 11.5 Å². The fourth-order valence-corrected chi connectivity index (χ4v) is 4.29. The molecule has 2 aromatic heterocycles. The Kier molecular flexibility index (Phi) is 6.03. The summed E-state index contributed by atoms with van der Waals surface area (Å²) in [7, 11) is 1.72. The standard InChI is InChI=1S/C23H24F2N6O3/c1-14-18(34-16-5-7-28-17(9-16)15(10-26)11-27-2)3-4-19(29-14)30-21(33)31-8-6-22(20(31)32)12-23(24,25)13-22/h3-5,7,9-11,26-27H,6,8,12-13H2,1-2H3,(H,29,30,33)/b15-11+,26-10?. The minimum atomic E-state index is -2.84. The summed E-state index contributed by atoms with van der Waals surface area (Å²) in [5, 5.41) is 12.9. The Morgan fingerprint density at radius 2 is 2.06 bits per heavy atom. The van der Waals surface area contributed by atoms with Crippen molar-refractivity contribution in [1.82, 2.24) is 20.2 Å². The zero-order valence-electron chi connectivity index (χ0n) is 18.7. The van der Waals surface area contributed by atoms with Gasteiger partial charge in [-0.05, 0) is 31.5 Å². The van der Waals surface area contributed by atoms with E-state index in [0.29, 0.717) is 28.5 Å². The maximum absolute atomic E-state index is 13.3. The van der Waals surface area contributed by atoms with Crippen molar-refractivity contribution in [2.75, 3.05) is 18.9 Å². The summed E-state index contributed by atoms with van der Waals surface area (Å²) in [6.45, 7) is 1.80. The number of allylic oxidation sites excluding steroid dienone is 1. The second kappa shape index (κ2) is 8.81. The molecule has 2 fully saturated rings. The zero-order chi connectivity index (χ0) is 24.5. The van der Waals surface area contributed by atoms with Crippen LogP contribution in [0.3, 0.4) is 0 Å². The van der Waals surface area contributed by atoms with E-state index < -0.39 is 36.1 Å². The van der Waals surface area contributed by atoms with Crippen LogP contribution >= 0.6 is 0 Å². The number of carbonyl (C=O) groups excluding carboxylic acids is 2. The molecule has 11 heteroatoms. The van der Waals surface area contributed by atoms with Crippen LogP contribution in [0.15, 0.2) is 36.7 Å². The summed E-state index contributed by atoms with van der Waals surface area (Å²) in [5.41, 5.74) is 0.487. The van der Waals surface area contributed by atoms with Gasteiger partial charge in [-0.2, -0.15) is 0 Å². The van der Waals surface area contributed by atoms with Gasteiger partial charge in [0, 0.05) is 56.7 Å². The predicted molar refractivity (Wildman–Crippen MR) is 121 cm³/mol. The monoisotopic (exact) mass is 470 g/mol. The van der Waals surface area contributed by atoms with E-state index >= 15 is 0 Å². The number of nitrogens with zero attached hydrogens (tertiary/aromatic N) is 3. The van der Waals surface area contributed by atoms with E-state index in [4.69, 9.17) is 10.1 Å². The largest absolute Gasteiger partial charge is 0.455 e. The SMILES string of the molecule is CN/C=C(\C=N)c1cc(Oc2ccc(NC(=O)N3CCC4(CC(F)(F)C4)C3=O)nc2C)ccn1. The third-order valence-electron chi connectivity index (χ3n) is 5.93. The summed E-state index contributed by atoms with van der Waals surface area (Å²) in [6.07, 6.45) is 3.62. The van der Waals surface area contributed by atoms with Crippen molar-refractivity contribution in [2.45, 2.75) is 32.1 Å². The smallest absolute Gasteiger partial charge is 0.329 e. The lowest BCUT2D eigenvalue weighted by Gasteiger charge is -2.42. The number of carbonyl (C=O) groups is 2. The van der Waals surface area contributed by atoms with Gasteiger partial charge in [-0.3, -0.25) is 20.0 Å². The van der Waals surface area contributed by atoms with Crippen LogP contribution in [-0.2, 0) is 4.79 Å². The molecule has 0 unspecified atom stereocenters. The number of nitrogens with one attached hydrogen (secondary N) is 3. The normalized spacial score (nSPS) is 18.4. The van der Waals surface area contributed by atoms with Gasteiger partial charge in [0.2, 0.25) is 11.8 Å². The number of rotatable bonds is 6. The maximum atomic E-state index is 13.3. The van der Waals surface area contributed by atoms with Gasteiger partial charge in [0.25, 0.3) is 0 Å². The van der Waals surface area contributed by atoms with E-state index in [9.17, 15) is 18.4 Å². The highest BCUT2D eigenvalue weighted by Gasteiger charge is 2.64. The number of aryl methyl sites for hydroxylation is 1. The zero-order valence-corrected chi connectivity index (χ0v) is 18.7. The topological polar surface area (TPSA) is 120 Å². The average Bonchev–Trinajstić information content (AvgIpc) is 3.09. The first kappa shape index (κ1) is 23.3. The molecule has 3 heterocycles. The molecule has 2 aliphatic rings. The molecule has 0 atom stereocenters. The van der Waals surface area contributed by atoms with Crippen molar-refractivity contribution in [1.29, 1.82) is 5.41 Å². The number of alkyl halides is 2. The fourth-order valence-electron chi connectivity index (χ4n) is 4.29. The molecule has 1 saturated carbocycles. The quantitative estimate of drug-likeness (QED) is 0.550. The molecule has 1 aliphatic heterocycles. The Bertz CT molecular complexity index is 1180. The Morgan fingerprint density at radius 1 is 1.29 bits per heavy atom. The summed E-state index contributed by atoms with van der Waals surface area (Å²) in [4.78, 5) is 34.7. The van der Waals surface area contributed by atoms with Crippen LogP contribution in [-0.4, -0.2) is 52.5 Å². The molecular formula is C23H24F2N6O3. The number of imide groups is 1. The molecule has 3 amide bonds. The number of urea groups is 1. The number of anilines is 1. The van der Waals surface area contributed by atoms with Crippen LogP contribution in [0.2, 0.25) is 0 Å². The average molecular weight is 470 g/mol.